The zero-order valence-electron chi connectivity index (χ0n) is 18.4. The van der Waals surface area contributed by atoms with Gasteiger partial charge in [0.15, 0.2) is 11.6 Å². The van der Waals surface area contributed by atoms with E-state index in [0.717, 1.165) is 22.6 Å². The van der Waals surface area contributed by atoms with Crippen LogP contribution in [0.25, 0.3) is 5.57 Å². The number of benzene rings is 3. The van der Waals surface area contributed by atoms with Crippen LogP contribution in [0.3, 0.4) is 0 Å². The van der Waals surface area contributed by atoms with Crippen LogP contribution in [-0.2, 0) is 9.59 Å². The van der Waals surface area contributed by atoms with Crippen LogP contribution in [0.4, 0.5) is 20.2 Å². The molecule has 1 heterocycles. The van der Waals surface area contributed by atoms with E-state index in [1.807, 2.05) is 20.8 Å². The van der Waals surface area contributed by atoms with Gasteiger partial charge in [0, 0.05) is 11.8 Å². The predicted octanol–water partition coefficient (Wildman–Crippen LogP) is 5.46. The maximum absolute atomic E-state index is 13.8. The zero-order chi connectivity index (χ0) is 23.7. The Hall–Kier alpha value is -4.00. The molecule has 33 heavy (non-hydrogen) atoms. The molecular formula is C26H22F2N2O3. The van der Waals surface area contributed by atoms with Crippen molar-refractivity contribution in [3.8, 4) is 5.75 Å². The fourth-order valence-electron chi connectivity index (χ4n) is 3.53. The third-order valence-electron chi connectivity index (χ3n) is 5.08. The van der Waals surface area contributed by atoms with E-state index in [4.69, 9.17) is 4.74 Å². The van der Waals surface area contributed by atoms with Crippen LogP contribution in [-0.4, -0.2) is 17.9 Å². The molecule has 2 amide bonds. The highest BCUT2D eigenvalue weighted by atomic mass is 19.2. The van der Waals surface area contributed by atoms with E-state index >= 15 is 0 Å². The highest BCUT2D eigenvalue weighted by molar-refractivity contribution is 6.46. The predicted molar refractivity (Wildman–Crippen MR) is 123 cm³/mol. The number of carbonyl (C=O) groups is 2. The Labute approximate surface area is 190 Å². The molecule has 0 spiro atoms. The first-order valence-electron chi connectivity index (χ1n) is 10.4. The van der Waals surface area contributed by atoms with Crippen LogP contribution in [0.5, 0.6) is 5.75 Å². The molecule has 3 aromatic carbocycles. The third kappa shape index (κ3) is 4.48. The van der Waals surface area contributed by atoms with Gasteiger partial charge in [-0.1, -0.05) is 29.8 Å². The summed E-state index contributed by atoms with van der Waals surface area (Å²) in [5, 5.41) is 2.83. The quantitative estimate of drug-likeness (QED) is 0.509. The monoisotopic (exact) mass is 448 g/mol. The molecule has 1 aliphatic heterocycles. The number of rotatable bonds is 6. The van der Waals surface area contributed by atoms with E-state index in [2.05, 4.69) is 5.32 Å². The molecule has 0 saturated heterocycles. The fourth-order valence-corrected chi connectivity index (χ4v) is 3.53. The molecule has 0 unspecified atom stereocenters. The molecular weight excluding hydrogens is 426 g/mol. The summed E-state index contributed by atoms with van der Waals surface area (Å²) in [5.74, 6) is -2.57. The summed E-state index contributed by atoms with van der Waals surface area (Å²) < 4.78 is 32.8. The van der Waals surface area contributed by atoms with E-state index < -0.39 is 23.4 Å². The lowest BCUT2D eigenvalue weighted by Gasteiger charge is -2.15. The minimum Gasteiger partial charge on any atom is -0.491 e. The Morgan fingerprint density at radius 3 is 2.12 bits per heavy atom. The minimum absolute atomic E-state index is 0.0209. The lowest BCUT2D eigenvalue weighted by molar-refractivity contribution is -0.120. The van der Waals surface area contributed by atoms with E-state index in [1.54, 1.807) is 48.5 Å². The van der Waals surface area contributed by atoms with Gasteiger partial charge in [-0.15, -0.1) is 0 Å². The van der Waals surface area contributed by atoms with Gasteiger partial charge in [-0.3, -0.25) is 9.59 Å². The Morgan fingerprint density at radius 2 is 1.52 bits per heavy atom. The number of hydrogen-bond acceptors (Lipinski definition) is 4. The molecule has 1 aliphatic rings. The van der Waals surface area contributed by atoms with E-state index in [-0.39, 0.29) is 23.1 Å². The Morgan fingerprint density at radius 1 is 0.848 bits per heavy atom. The first kappa shape index (κ1) is 22.2. The van der Waals surface area contributed by atoms with Crippen LogP contribution < -0.4 is 15.0 Å². The lowest BCUT2D eigenvalue weighted by Crippen LogP contribution is -2.32. The number of hydrogen-bond donors (Lipinski definition) is 1. The molecule has 168 valence electrons. The average Bonchev–Trinajstić information content (AvgIpc) is 3.01. The summed E-state index contributed by atoms with van der Waals surface area (Å²) in [6.07, 6.45) is -0.0209. The fraction of sp³-hybridized carbons (Fsp3) is 0.154. The second-order valence-electron chi connectivity index (χ2n) is 7.98. The summed E-state index contributed by atoms with van der Waals surface area (Å²) in [5.41, 5.74) is 2.13. The number of imide groups is 1. The topological polar surface area (TPSA) is 58.6 Å². The van der Waals surface area contributed by atoms with Gasteiger partial charge in [0.2, 0.25) is 0 Å². The second-order valence-corrected chi connectivity index (χ2v) is 7.98. The molecule has 0 atom stereocenters. The van der Waals surface area contributed by atoms with E-state index in [9.17, 15) is 18.4 Å². The highest BCUT2D eigenvalue weighted by Gasteiger charge is 2.40. The van der Waals surface area contributed by atoms with Gasteiger partial charge in [0.25, 0.3) is 11.8 Å². The highest BCUT2D eigenvalue weighted by Crippen LogP contribution is 2.34. The molecule has 7 heteroatoms. The molecule has 1 N–H and O–H groups in total. The number of nitrogens with zero attached hydrogens (tertiary/aromatic N) is 1. The van der Waals surface area contributed by atoms with Crippen molar-refractivity contribution in [3.63, 3.8) is 0 Å². The summed E-state index contributed by atoms with van der Waals surface area (Å²) in [7, 11) is 0. The van der Waals surface area contributed by atoms with Crippen molar-refractivity contribution in [2.45, 2.75) is 26.9 Å². The van der Waals surface area contributed by atoms with Gasteiger partial charge < -0.3 is 10.1 Å². The van der Waals surface area contributed by atoms with Crippen molar-refractivity contribution < 1.29 is 23.1 Å². The molecule has 4 rings (SSSR count). The maximum Gasteiger partial charge on any atom is 0.282 e. The number of amides is 2. The Balaban J connectivity index is 1.78. The summed E-state index contributed by atoms with van der Waals surface area (Å²) in [6.45, 7) is 5.70. The van der Waals surface area contributed by atoms with Crippen molar-refractivity contribution >= 4 is 28.8 Å². The number of anilines is 2. The smallest absolute Gasteiger partial charge is 0.282 e. The number of ether oxygens (including phenoxy) is 1. The lowest BCUT2D eigenvalue weighted by atomic mass is 10.0. The number of carbonyl (C=O) groups excluding carboxylic acids is 2. The number of halogens is 2. The number of nitrogens with one attached hydrogen (secondary N) is 1. The molecule has 0 saturated carbocycles. The summed E-state index contributed by atoms with van der Waals surface area (Å²) in [4.78, 5) is 27.8. The zero-order valence-corrected chi connectivity index (χ0v) is 18.4. The second kappa shape index (κ2) is 8.86. The summed E-state index contributed by atoms with van der Waals surface area (Å²) in [6, 6.07) is 16.9. The molecule has 0 bridgehead atoms. The van der Waals surface area contributed by atoms with Crippen LogP contribution in [0.1, 0.15) is 25.0 Å². The average molecular weight is 448 g/mol. The van der Waals surface area contributed by atoms with Crippen molar-refractivity contribution in [1.82, 2.24) is 0 Å². The molecule has 3 aromatic rings. The maximum atomic E-state index is 13.8. The van der Waals surface area contributed by atoms with Gasteiger partial charge in [0.1, 0.15) is 11.4 Å². The first-order valence-corrected chi connectivity index (χ1v) is 10.4. The largest absolute Gasteiger partial charge is 0.491 e. The van der Waals surface area contributed by atoms with Gasteiger partial charge in [-0.2, -0.15) is 0 Å². The minimum atomic E-state index is -1.07. The molecule has 0 fully saturated rings. The van der Waals surface area contributed by atoms with Gasteiger partial charge >= 0.3 is 0 Å². The Kier molecular flexibility index (Phi) is 5.96. The summed E-state index contributed by atoms with van der Waals surface area (Å²) >= 11 is 0. The van der Waals surface area contributed by atoms with Crippen LogP contribution >= 0.6 is 0 Å². The van der Waals surface area contributed by atoms with Crippen molar-refractivity contribution in [1.29, 1.82) is 0 Å². The SMILES string of the molecule is Cc1ccc(N2C(=O)C(Nc3ccc(F)c(F)c3)=C(c3ccc(OC(C)C)cc3)C2=O)cc1. The van der Waals surface area contributed by atoms with Crippen molar-refractivity contribution in [3.05, 3.63) is 95.2 Å². The first-order chi connectivity index (χ1) is 15.7. The van der Waals surface area contributed by atoms with E-state index in [1.165, 1.54) is 6.07 Å². The van der Waals surface area contributed by atoms with Crippen LogP contribution in [0.15, 0.2) is 72.4 Å². The normalized spacial score (nSPS) is 13.8. The van der Waals surface area contributed by atoms with Gasteiger partial charge in [-0.05, 0) is 62.7 Å². The third-order valence-corrected chi connectivity index (χ3v) is 5.08. The molecule has 0 aromatic heterocycles. The number of aryl methyl sites for hydroxylation is 1. The van der Waals surface area contributed by atoms with Crippen molar-refractivity contribution in [2.75, 3.05) is 10.2 Å². The molecule has 0 radical (unpaired) electrons. The van der Waals surface area contributed by atoms with Crippen LogP contribution in [0.2, 0.25) is 0 Å². The standard InChI is InChI=1S/C26H22F2N2O3/c1-15(2)33-20-11-6-17(7-12-20)23-24(29-18-8-13-21(27)22(28)14-18)26(32)30(25(23)31)19-9-4-16(3)5-10-19/h4-15,29H,1-3H3. The Bertz CT molecular complexity index is 1250. The molecule has 5 nitrogen and oxygen atoms in total. The molecule has 0 aliphatic carbocycles. The van der Waals surface area contributed by atoms with Crippen LogP contribution in [0, 0.1) is 18.6 Å². The van der Waals surface area contributed by atoms with Gasteiger partial charge in [0.05, 0.1) is 17.4 Å². The van der Waals surface area contributed by atoms with E-state index in [0.29, 0.717) is 17.0 Å². The van der Waals surface area contributed by atoms with Crippen molar-refractivity contribution in [2.24, 2.45) is 0 Å². The van der Waals surface area contributed by atoms with Gasteiger partial charge in [-0.25, -0.2) is 13.7 Å².